The van der Waals surface area contributed by atoms with Crippen LogP contribution in [-0.4, -0.2) is 27.4 Å². The molecular weight excluding hydrogens is 236 g/mol. The fourth-order valence-electron chi connectivity index (χ4n) is 4.68. The molecule has 0 saturated heterocycles. The van der Waals surface area contributed by atoms with Crippen LogP contribution in [0.4, 0.5) is 0 Å². The molecule has 3 aliphatic carbocycles. The molecule has 0 heterocycles. The van der Waals surface area contributed by atoms with Crippen LogP contribution in [0.25, 0.3) is 0 Å². The van der Waals surface area contributed by atoms with Crippen molar-refractivity contribution in [1.29, 1.82) is 0 Å². The summed E-state index contributed by atoms with van der Waals surface area (Å²) in [5.74, 6) is 0.717. The standard InChI is InChI=1S/C17H26O2/c1-18-11-17(12-19-2)15-9-5-3-7-13(15)14-8-4-6-10-16(14)17/h9,13H,3-8,10-12H2,1-2H3. The number of hydrogen-bond acceptors (Lipinski definition) is 2. The molecule has 0 N–H and O–H groups in total. The summed E-state index contributed by atoms with van der Waals surface area (Å²) in [6.45, 7) is 1.59. The minimum Gasteiger partial charge on any atom is -0.383 e. The third kappa shape index (κ3) is 2.00. The Kier molecular flexibility index (Phi) is 3.81. The van der Waals surface area contributed by atoms with E-state index in [-0.39, 0.29) is 5.41 Å². The lowest BCUT2D eigenvalue weighted by atomic mass is 9.73. The van der Waals surface area contributed by atoms with Crippen LogP contribution in [0.3, 0.4) is 0 Å². The molecule has 3 rings (SSSR count). The summed E-state index contributed by atoms with van der Waals surface area (Å²) in [5, 5.41) is 0. The van der Waals surface area contributed by atoms with E-state index in [1.807, 2.05) is 14.2 Å². The molecule has 2 nitrogen and oxygen atoms in total. The molecule has 2 heteroatoms. The van der Waals surface area contributed by atoms with E-state index < -0.39 is 0 Å². The second kappa shape index (κ2) is 5.41. The van der Waals surface area contributed by atoms with E-state index in [4.69, 9.17) is 9.47 Å². The molecule has 19 heavy (non-hydrogen) atoms. The lowest BCUT2D eigenvalue weighted by Crippen LogP contribution is -2.35. The van der Waals surface area contributed by atoms with Gasteiger partial charge in [0.15, 0.2) is 0 Å². The largest absolute Gasteiger partial charge is 0.383 e. The van der Waals surface area contributed by atoms with Crippen molar-refractivity contribution in [3.63, 3.8) is 0 Å². The first-order valence-corrected chi connectivity index (χ1v) is 7.74. The van der Waals surface area contributed by atoms with Gasteiger partial charge in [-0.3, -0.25) is 0 Å². The average Bonchev–Trinajstić information content (AvgIpc) is 2.72. The van der Waals surface area contributed by atoms with Gasteiger partial charge >= 0.3 is 0 Å². The third-order valence-electron chi connectivity index (χ3n) is 5.28. The molecule has 0 spiro atoms. The van der Waals surface area contributed by atoms with Gasteiger partial charge in [0, 0.05) is 20.1 Å². The summed E-state index contributed by atoms with van der Waals surface area (Å²) in [5.41, 5.74) is 5.14. The minimum atomic E-state index is 0.0737. The number of allylic oxidation sites excluding steroid dienone is 2. The molecule has 0 fully saturated rings. The highest BCUT2D eigenvalue weighted by molar-refractivity contribution is 5.48. The van der Waals surface area contributed by atoms with E-state index in [1.54, 1.807) is 16.7 Å². The second-order valence-corrected chi connectivity index (χ2v) is 6.30. The Morgan fingerprint density at radius 1 is 1.11 bits per heavy atom. The molecule has 0 aliphatic heterocycles. The van der Waals surface area contributed by atoms with Crippen molar-refractivity contribution < 1.29 is 9.47 Å². The Balaban J connectivity index is 2.07. The van der Waals surface area contributed by atoms with E-state index in [9.17, 15) is 0 Å². The number of methoxy groups -OCH3 is 2. The Hall–Kier alpha value is -0.600. The topological polar surface area (TPSA) is 18.5 Å². The van der Waals surface area contributed by atoms with Gasteiger partial charge in [-0.2, -0.15) is 0 Å². The monoisotopic (exact) mass is 262 g/mol. The molecule has 1 unspecified atom stereocenters. The van der Waals surface area contributed by atoms with Crippen molar-refractivity contribution in [3.05, 3.63) is 22.8 Å². The Morgan fingerprint density at radius 3 is 2.58 bits per heavy atom. The van der Waals surface area contributed by atoms with Crippen LogP contribution in [0.1, 0.15) is 44.9 Å². The van der Waals surface area contributed by atoms with Gasteiger partial charge in [0.25, 0.3) is 0 Å². The van der Waals surface area contributed by atoms with Crippen molar-refractivity contribution in [2.45, 2.75) is 44.9 Å². The maximum absolute atomic E-state index is 5.62. The van der Waals surface area contributed by atoms with Crippen LogP contribution in [0.2, 0.25) is 0 Å². The predicted octanol–water partition coefficient (Wildman–Crippen LogP) is 3.88. The first-order valence-electron chi connectivity index (χ1n) is 7.74. The zero-order valence-corrected chi connectivity index (χ0v) is 12.3. The fraction of sp³-hybridized carbons (Fsp3) is 0.765. The first kappa shape index (κ1) is 13.4. The number of hydrogen-bond donors (Lipinski definition) is 0. The van der Waals surface area contributed by atoms with E-state index >= 15 is 0 Å². The van der Waals surface area contributed by atoms with Crippen LogP contribution >= 0.6 is 0 Å². The molecule has 0 aromatic rings. The van der Waals surface area contributed by atoms with Crippen molar-refractivity contribution in [2.24, 2.45) is 11.3 Å². The highest BCUT2D eigenvalue weighted by atomic mass is 16.5. The Labute approximate surface area is 116 Å². The van der Waals surface area contributed by atoms with Gasteiger partial charge in [-0.15, -0.1) is 0 Å². The summed E-state index contributed by atoms with van der Waals surface area (Å²) >= 11 is 0. The smallest absolute Gasteiger partial charge is 0.0616 e. The SMILES string of the molecule is COCC1(COC)C2=CCCCC2C2=C1CCCC2. The minimum absolute atomic E-state index is 0.0737. The molecule has 0 radical (unpaired) electrons. The quantitative estimate of drug-likeness (QED) is 0.716. The predicted molar refractivity (Wildman–Crippen MR) is 77.1 cm³/mol. The van der Waals surface area contributed by atoms with E-state index in [1.165, 1.54) is 44.9 Å². The van der Waals surface area contributed by atoms with Gasteiger partial charge in [0.2, 0.25) is 0 Å². The molecule has 0 amide bonds. The van der Waals surface area contributed by atoms with Gasteiger partial charge in [-0.1, -0.05) is 22.8 Å². The molecule has 0 bridgehead atoms. The summed E-state index contributed by atoms with van der Waals surface area (Å²) in [6, 6.07) is 0. The van der Waals surface area contributed by atoms with Crippen molar-refractivity contribution in [1.82, 2.24) is 0 Å². The first-order chi connectivity index (χ1) is 9.33. The molecule has 1 atom stereocenters. The summed E-state index contributed by atoms with van der Waals surface area (Å²) in [6.07, 6.45) is 11.7. The summed E-state index contributed by atoms with van der Waals surface area (Å²) in [7, 11) is 3.66. The molecule has 3 aliphatic rings. The maximum Gasteiger partial charge on any atom is 0.0616 e. The lowest BCUT2D eigenvalue weighted by molar-refractivity contribution is 0.0523. The van der Waals surface area contributed by atoms with Crippen LogP contribution in [-0.2, 0) is 9.47 Å². The maximum atomic E-state index is 5.62. The molecular formula is C17H26O2. The van der Waals surface area contributed by atoms with Crippen LogP contribution in [0.15, 0.2) is 22.8 Å². The number of fused-ring (bicyclic) bond motifs is 2. The van der Waals surface area contributed by atoms with Gasteiger partial charge < -0.3 is 9.47 Å². The van der Waals surface area contributed by atoms with Crippen molar-refractivity contribution in [2.75, 3.05) is 27.4 Å². The molecule has 0 aromatic heterocycles. The van der Waals surface area contributed by atoms with E-state index in [0.29, 0.717) is 5.92 Å². The summed E-state index contributed by atoms with van der Waals surface area (Å²) < 4.78 is 11.2. The van der Waals surface area contributed by atoms with Crippen LogP contribution < -0.4 is 0 Å². The van der Waals surface area contributed by atoms with Crippen molar-refractivity contribution in [3.8, 4) is 0 Å². The number of rotatable bonds is 4. The Morgan fingerprint density at radius 2 is 1.84 bits per heavy atom. The fourth-order valence-corrected chi connectivity index (χ4v) is 4.68. The Bertz CT molecular complexity index is 399. The van der Waals surface area contributed by atoms with Gasteiger partial charge in [-0.25, -0.2) is 0 Å². The normalized spacial score (nSPS) is 28.9. The van der Waals surface area contributed by atoms with Crippen LogP contribution in [0.5, 0.6) is 0 Å². The van der Waals surface area contributed by atoms with Gasteiger partial charge in [0.1, 0.15) is 0 Å². The van der Waals surface area contributed by atoms with E-state index in [2.05, 4.69) is 6.08 Å². The highest BCUT2D eigenvalue weighted by Crippen LogP contribution is 2.58. The lowest BCUT2D eigenvalue weighted by Gasteiger charge is -2.36. The van der Waals surface area contributed by atoms with Gasteiger partial charge in [0.05, 0.1) is 18.6 Å². The third-order valence-corrected chi connectivity index (χ3v) is 5.28. The van der Waals surface area contributed by atoms with E-state index in [0.717, 1.165) is 13.2 Å². The molecule has 106 valence electrons. The second-order valence-electron chi connectivity index (χ2n) is 6.30. The number of ether oxygens (including phenoxy) is 2. The average molecular weight is 262 g/mol. The highest BCUT2D eigenvalue weighted by Gasteiger charge is 2.50. The van der Waals surface area contributed by atoms with Gasteiger partial charge in [-0.05, 0) is 44.9 Å². The molecule has 0 saturated carbocycles. The van der Waals surface area contributed by atoms with Crippen LogP contribution in [0, 0.1) is 11.3 Å². The summed E-state index contributed by atoms with van der Waals surface area (Å²) in [4.78, 5) is 0. The zero-order valence-electron chi connectivity index (χ0n) is 12.3. The zero-order chi connectivity index (χ0) is 13.3. The van der Waals surface area contributed by atoms with Crippen molar-refractivity contribution >= 4 is 0 Å². The molecule has 0 aromatic carbocycles.